The number of ketones is 1. The fourth-order valence-corrected chi connectivity index (χ4v) is 1.50. The second kappa shape index (κ2) is 3.58. The molecule has 1 aliphatic carbocycles. The number of halogens is 2. The van der Waals surface area contributed by atoms with Crippen LogP contribution in [-0.4, -0.2) is 11.9 Å². The maximum atomic E-state index is 13.2. The van der Waals surface area contributed by atoms with Crippen LogP contribution in [0.5, 0.6) is 5.75 Å². The van der Waals surface area contributed by atoms with E-state index >= 15 is 0 Å². The molecule has 0 spiro atoms. The Hall–Kier alpha value is -1.09. The van der Waals surface area contributed by atoms with Crippen LogP contribution < -0.4 is 4.74 Å². The molecule has 2 rings (SSSR count). The maximum absolute atomic E-state index is 13.2. The Morgan fingerprint density at radius 3 is 2.71 bits per heavy atom. The third kappa shape index (κ3) is 1.73. The largest absolute Gasteiger partial charge is 0.485 e. The first-order chi connectivity index (χ1) is 6.66. The van der Waals surface area contributed by atoms with Crippen LogP contribution in [0.25, 0.3) is 0 Å². The molecule has 0 atom stereocenters. The molecular formula is C10H8ClFO2. The van der Waals surface area contributed by atoms with Gasteiger partial charge in [0.2, 0.25) is 0 Å². The van der Waals surface area contributed by atoms with Crippen molar-refractivity contribution in [2.24, 2.45) is 0 Å². The summed E-state index contributed by atoms with van der Waals surface area (Å²) in [4.78, 5) is 10.7. The molecule has 0 radical (unpaired) electrons. The van der Waals surface area contributed by atoms with Gasteiger partial charge in [0.05, 0.1) is 5.02 Å². The van der Waals surface area contributed by atoms with Crippen LogP contribution in [0.15, 0.2) is 18.2 Å². The van der Waals surface area contributed by atoms with Crippen molar-refractivity contribution in [3.63, 3.8) is 0 Å². The first-order valence-corrected chi connectivity index (χ1v) is 4.67. The highest BCUT2D eigenvalue weighted by Crippen LogP contribution is 2.31. The summed E-state index contributed by atoms with van der Waals surface area (Å²) in [6.45, 7) is 0. The third-order valence-corrected chi connectivity index (χ3v) is 2.41. The van der Waals surface area contributed by atoms with Gasteiger partial charge in [-0.2, -0.15) is 0 Å². The fourth-order valence-electron chi connectivity index (χ4n) is 1.29. The Kier molecular flexibility index (Phi) is 2.42. The average molecular weight is 215 g/mol. The lowest BCUT2D eigenvalue weighted by molar-refractivity contribution is -0.129. The molecule has 0 bridgehead atoms. The summed E-state index contributed by atoms with van der Waals surface area (Å²) >= 11 is 5.74. The second-order valence-corrected chi connectivity index (χ2v) is 3.64. The zero-order valence-corrected chi connectivity index (χ0v) is 8.05. The molecule has 1 aromatic rings. The summed E-state index contributed by atoms with van der Waals surface area (Å²) in [5, 5.41) is 0.240. The van der Waals surface area contributed by atoms with Gasteiger partial charge in [0.1, 0.15) is 11.9 Å². The molecule has 0 N–H and O–H groups in total. The van der Waals surface area contributed by atoms with Gasteiger partial charge in [0.15, 0.2) is 11.6 Å². The monoisotopic (exact) mass is 214 g/mol. The summed E-state index contributed by atoms with van der Waals surface area (Å²) in [6, 6.07) is 4.35. The molecule has 0 aromatic heterocycles. The van der Waals surface area contributed by atoms with Crippen LogP contribution in [0, 0.1) is 5.82 Å². The Morgan fingerprint density at radius 2 is 2.14 bits per heavy atom. The van der Waals surface area contributed by atoms with Crippen LogP contribution in [-0.2, 0) is 4.79 Å². The quantitative estimate of drug-likeness (QED) is 0.757. The summed E-state index contributed by atoms with van der Waals surface area (Å²) < 4.78 is 18.4. The van der Waals surface area contributed by atoms with E-state index < -0.39 is 5.82 Å². The van der Waals surface area contributed by atoms with E-state index in [2.05, 4.69) is 0 Å². The van der Waals surface area contributed by atoms with E-state index in [0.29, 0.717) is 12.8 Å². The normalized spacial score (nSPS) is 16.6. The van der Waals surface area contributed by atoms with Crippen LogP contribution >= 0.6 is 11.6 Å². The van der Waals surface area contributed by atoms with E-state index in [-0.39, 0.29) is 22.7 Å². The van der Waals surface area contributed by atoms with Gasteiger partial charge in [-0.15, -0.1) is 0 Å². The lowest BCUT2D eigenvalue weighted by atomic mass is 9.94. The van der Waals surface area contributed by atoms with E-state index in [0.717, 1.165) is 0 Å². The molecule has 0 unspecified atom stereocenters. The molecule has 0 saturated heterocycles. The van der Waals surface area contributed by atoms with Gasteiger partial charge >= 0.3 is 0 Å². The molecule has 0 aliphatic heterocycles. The molecule has 14 heavy (non-hydrogen) atoms. The van der Waals surface area contributed by atoms with Gasteiger partial charge in [0.25, 0.3) is 0 Å². The van der Waals surface area contributed by atoms with Crippen molar-refractivity contribution in [1.82, 2.24) is 0 Å². The smallest absolute Gasteiger partial charge is 0.173 e. The van der Waals surface area contributed by atoms with E-state index in [4.69, 9.17) is 16.3 Å². The number of hydrogen-bond donors (Lipinski definition) is 0. The first-order valence-electron chi connectivity index (χ1n) is 4.29. The minimum atomic E-state index is -0.489. The van der Waals surface area contributed by atoms with Crippen LogP contribution in [0.3, 0.4) is 0 Å². The number of ether oxygens (including phenoxy) is 1. The van der Waals surface area contributed by atoms with Crippen molar-refractivity contribution in [2.75, 3.05) is 0 Å². The lowest BCUT2D eigenvalue weighted by Crippen LogP contribution is -2.34. The highest BCUT2D eigenvalue weighted by molar-refractivity contribution is 6.32. The molecule has 1 fully saturated rings. The predicted molar refractivity (Wildman–Crippen MR) is 50.1 cm³/mol. The number of para-hydroxylation sites is 1. The highest BCUT2D eigenvalue weighted by Gasteiger charge is 2.29. The molecule has 1 saturated carbocycles. The molecule has 0 heterocycles. The van der Waals surface area contributed by atoms with Crippen molar-refractivity contribution in [3.8, 4) is 5.75 Å². The van der Waals surface area contributed by atoms with E-state index in [1.165, 1.54) is 12.1 Å². The Labute approximate surface area is 85.6 Å². The summed E-state index contributed by atoms with van der Waals surface area (Å²) in [5.41, 5.74) is 0. The van der Waals surface area contributed by atoms with Crippen LogP contribution in [0.4, 0.5) is 4.39 Å². The van der Waals surface area contributed by atoms with Gasteiger partial charge in [-0.25, -0.2) is 4.39 Å². The number of carbonyl (C=O) groups is 1. The zero-order valence-electron chi connectivity index (χ0n) is 7.30. The van der Waals surface area contributed by atoms with Gasteiger partial charge in [-0.05, 0) is 12.1 Å². The zero-order chi connectivity index (χ0) is 10.1. The Bertz CT molecular complexity index is 350. The summed E-state index contributed by atoms with van der Waals surface area (Å²) in [7, 11) is 0. The standard InChI is InChI=1S/C10H8ClFO2/c11-8-2-1-3-9(12)10(8)14-7-4-6(13)5-7/h1-3,7H,4-5H2. The van der Waals surface area contributed by atoms with Crippen molar-refractivity contribution in [3.05, 3.63) is 29.0 Å². The second-order valence-electron chi connectivity index (χ2n) is 3.24. The Morgan fingerprint density at radius 1 is 1.43 bits per heavy atom. The number of benzene rings is 1. The van der Waals surface area contributed by atoms with Gasteiger partial charge < -0.3 is 4.74 Å². The van der Waals surface area contributed by atoms with E-state index in [1.54, 1.807) is 6.07 Å². The maximum Gasteiger partial charge on any atom is 0.173 e. The van der Waals surface area contributed by atoms with Crippen molar-refractivity contribution < 1.29 is 13.9 Å². The number of Topliss-reactive ketones (excluding diaryl/α,β-unsaturated/α-hetero) is 1. The Balaban J connectivity index is 2.12. The molecule has 1 aliphatic rings. The fraction of sp³-hybridized carbons (Fsp3) is 0.300. The SMILES string of the molecule is O=C1CC(Oc2c(F)cccc2Cl)C1. The molecule has 2 nitrogen and oxygen atoms in total. The van der Waals surface area contributed by atoms with Crippen molar-refractivity contribution >= 4 is 17.4 Å². The van der Waals surface area contributed by atoms with Gasteiger partial charge in [-0.1, -0.05) is 17.7 Å². The topological polar surface area (TPSA) is 26.3 Å². The molecule has 74 valence electrons. The summed E-state index contributed by atoms with van der Waals surface area (Å²) in [5.74, 6) is -0.300. The van der Waals surface area contributed by atoms with Gasteiger partial charge in [0, 0.05) is 12.8 Å². The van der Waals surface area contributed by atoms with Crippen LogP contribution in [0.1, 0.15) is 12.8 Å². The summed E-state index contributed by atoms with van der Waals surface area (Å²) in [6.07, 6.45) is 0.492. The van der Waals surface area contributed by atoms with Gasteiger partial charge in [-0.3, -0.25) is 4.79 Å². The number of rotatable bonds is 2. The minimum Gasteiger partial charge on any atom is -0.485 e. The third-order valence-electron chi connectivity index (χ3n) is 2.11. The van der Waals surface area contributed by atoms with E-state index in [9.17, 15) is 9.18 Å². The van der Waals surface area contributed by atoms with Crippen molar-refractivity contribution in [2.45, 2.75) is 18.9 Å². The number of carbonyl (C=O) groups excluding carboxylic acids is 1. The molecule has 0 amide bonds. The highest BCUT2D eigenvalue weighted by atomic mass is 35.5. The first kappa shape index (κ1) is 9.46. The molecular weight excluding hydrogens is 207 g/mol. The lowest BCUT2D eigenvalue weighted by Gasteiger charge is -2.25. The van der Waals surface area contributed by atoms with Crippen LogP contribution in [0.2, 0.25) is 5.02 Å². The van der Waals surface area contributed by atoms with E-state index in [1.807, 2.05) is 0 Å². The molecule has 4 heteroatoms. The van der Waals surface area contributed by atoms with Crippen molar-refractivity contribution in [1.29, 1.82) is 0 Å². The number of hydrogen-bond acceptors (Lipinski definition) is 2. The predicted octanol–water partition coefficient (Wildman–Crippen LogP) is 2.59. The average Bonchev–Trinajstić information content (AvgIpc) is 2.08. The minimum absolute atomic E-state index is 0.0478. The molecule has 1 aromatic carbocycles.